The van der Waals surface area contributed by atoms with E-state index in [0.717, 1.165) is 5.69 Å². The summed E-state index contributed by atoms with van der Waals surface area (Å²) in [4.78, 5) is 32.9. The molecule has 1 aromatic carbocycles. The lowest BCUT2D eigenvalue weighted by molar-refractivity contribution is 0.102. The van der Waals surface area contributed by atoms with Gasteiger partial charge in [0.25, 0.3) is 5.91 Å². The smallest absolute Gasteiger partial charge is 0.321 e. The van der Waals surface area contributed by atoms with Crippen molar-refractivity contribution in [2.45, 2.75) is 0 Å². The normalized spacial score (nSPS) is 13.9. The van der Waals surface area contributed by atoms with Crippen LogP contribution in [0.2, 0.25) is 0 Å². The van der Waals surface area contributed by atoms with E-state index in [0.29, 0.717) is 18.8 Å². The minimum Gasteiger partial charge on any atom is -0.336 e. The summed E-state index contributed by atoms with van der Waals surface area (Å²) in [6.07, 6.45) is 4.37. The zero-order chi connectivity index (χ0) is 14.7. The number of benzene rings is 1. The molecule has 1 saturated heterocycles. The second-order valence-corrected chi connectivity index (χ2v) is 4.48. The average Bonchev–Trinajstić information content (AvgIpc) is 2.95. The number of nitrogens with zero attached hydrogens (tertiary/aromatic N) is 3. The van der Waals surface area contributed by atoms with E-state index in [-0.39, 0.29) is 17.6 Å². The highest BCUT2D eigenvalue weighted by atomic mass is 16.2. The van der Waals surface area contributed by atoms with Gasteiger partial charge in [0.05, 0.1) is 6.20 Å². The van der Waals surface area contributed by atoms with Gasteiger partial charge in [0.1, 0.15) is 5.69 Å². The van der Waals surface area contributed by atoms with Gasteiger partial charge in [-0.1, -0.05) is 0 Å². The van der Waals surface area contributed by atoms with Crippen LogP contribution in [0.25, 0.3) is 0 Å². The predicted octanol–water partition coefficient (Wildman–Crippen LogP) is 1.26. The molecule has 2 aromatic rings. The van der Waals surface area contributed by atoms with Gasteiger partial charge in [0.2, 0.25) is 0 Å². The van der Waals surface area contributed by atoms with Gasteiger partial charge in [-0.05, 0) is 24.3 Å². The molecule has 1 aromatic heterocycles. The maximum absolute atomic E-state index is 11.9. The fraction of sp³-hybridized carbons (Fsp3) is 0.143. The summed E-state index contributed by atoms with van der Waals surface area (Å²) in [7, 11) is 0. The summed E-state index contributed by atoms with van der Waals surface area (Å²) in [6, 6.07) is 6.96. The minimum absolute atomic E-state index is 0.105. The van der Waals surface area contributed by atoms with Crippen molar-refractivity contribution in [2.24, 2.45) is 0 Å². The summed E-state index contributed by atoms with van der Waals surface area (Å²) in [6.45, 7) is 1.29. The van der Waals surface area contributed by atoms with Crippen LogP contribution in [-0.4, -0.2) is 35.0 Å². The number of aromatic nitrogens is 2. The minimum atomic E-state index is -0.324. The van der Waals surface area contributed by atoms with Gasteiger partial charge in [-0.25, -0.2) is 9.78 Å². The molecule has 0 aliphatic carbocycles. The standard InChI is InChI=1S/C14H13N5O2/c20-13(12-9-15-5-6-16-12)18-10-1-3-11(4-2-10)19-8-7-17-14(19)21/h1-6,9H,7-8H2,(H,17,21)(H,18,20). The first kappa shape index (κ1) is 13.0. The third-order valence-corrected chi connectivity index (χ3v) is 3.09. The highest BCUT2D eigenvalue weighted by Crippen LogP contribution is 2.19. The Balaban J connectivity index is 1.70. The summed E-state index contributed by atoms with van der Waals surface area (Å²) in [5.74, 6) is -0.324. The lowest BCUT2D eigenvalue weighted by Gasteiger charge is -2.14. The first-order valence-electron chi connectivity index (χ1n) is 6.47. The van der Waals surface area contributed by atoms with Crippen molar-refractivity contribution >= 4 is 23.3 Å². The molecule has 0 atom stereocenters. The number of rotatable bonds is 3. The van der Waals surface area contributed by atoms with E-state index >= 15 is 0 Å². The van der Waals surface area contributed by atoms with Gasteiger partial charge in [0.15, 0.2) is 0 Å². The zero-order valence-electron chi connectivity index (χ0n) is 11.1. The van der Waals surface area contributed by atoms with Crippen LogP contribution in [0.1, 0.15) is 10.5 Å². The lowest BCUT2D eigenvalue weighted by atomic mass is 10.2. The predicted molar refractivity (Wildman–Crippen MR) is 77.2 cm³/mol. The summed E-state index contributed by atoms with van der Waals surface area (Å²) >= 11 is 0. The van der Waals surface area contributed by atoms with E-state index in [1.807, 2.05) is 0 Å². The molecule has 0 bridgehead atoms. The first-order chi connectivity index (χ1) is 10.2. The second-order valence-electron chi connectivity index (χ2n) is 4.48. The molecule has 1 aliphatic rings. The quantitative estimate of drug-likeness (QED) is 0.887. The fourth-order valence-corrected chi connectivity index (χ4v) is 2.05. The molecule has 1 fully saturated rings. The van der Waals surface area contributed by atoms with Crippen molar-refractivity contribution in [2.75, 3.05) is 23.3 Å². The molecule has 106 valence electrons. The number of hydrogen-bond acceptors (Lipinski definition) is 4. The van der Waals surface area contributed by atoms with Crippen molar-refractivity contribution in [3.63, 3.8) is 0 Å². The monoisotopic (exact) mass is 283 g/mol. The van der Waals surface area contributed by atoms with E-state index in [1.54, 1.807) is 29.2 Å². The van der Waals surface area contributed by atoms with Gasteiger partial charge in [-0.15, -0.1) is 0 Å². The van der Waals surface area contributed by atoms with E-state index in [2.05, 4.69) is 20.6 Å². The molecular formula is C14H13N5O2. The Kier molecular flexibility index (Phi) is 3.46. The van der Waals surface area contributed by atoms with Crippen LogP contribution < -0.4 is 15.5 Å². The maximum Gasteiger partial charge on any atom is 0.321 e. The summed E-state index contributed by atoms with van der Waals surface area (Å²) < 4.78 is 0. The molecule has 1 aliphatic heterocycles. The van der Waals surface area contributed by atoms with Crippen molar-refractivity contribution in [1.82, 2.24) is 15.3 Å². The maximum atomic E-state index is 11.9. The SMILES string of the molecule is O=C(Nc1ccc(N2CCNC2=O)cc1)c1cnccn1. The molecule has 21 heavy (non-hydrogen) atoms. The third kappa shape index (κ3) is 2.81. The van der Waals surface area contributed by atoms with Gasteiger partial charge in [-0.3, -0.25) is 14.7 Å². The molecule has 7 nitrogen and oxygen atoms in total. The zero-order valence-corrected chi connectivity index (χ0v) is 11.1. The van der Waals surface area contributed by atoms with Crippen LogP contribution in [0.5, 0.6) is 0 Å². The highest BCUT2D eigenvalue weighted by Gasteiger charge is 2.20. The van der Waals surface area contributed by atoms with Gasteiger partial charge in [0, 0.05) is 36.9 Å². The van der Waals surface area contributed by atoms with E-state index in [9.17, 15) is 9.59 Å². The second kappa shape index (κ2) is 5.58. The summed E-state index contributed by atoms with van der Waals surface area (Å²) in [5, 5.41) is 5.47. The number of amides is 3. The molecular weight excluding hydrogens is 270 g/mol. The van der Waals surface area contributed by atoms with Gasteiger partial charge in [-0.2, -0.15) is 0 Å². The Labute approximate surface area is 121 Å². The molecule has 0 radical (unpaired) electrons. The molecule has 0 spiro atoms. The number of urea groups is 1. The lowest BCUT2D eigenvalue weighted by Crippen LogP contribution is -2.27. The van der Waals surface area contributed by atoms with Crippen LogP contribution in [0.15, 0.2) is 42.9 Å². The number of carbonyl (C=O) groups is 2. The first-order valence-corrected chi connectivity index (χ1v) is 6.47. The van der Waals surface area contributed by atoms with Crippen molar-refractivity contribution in [3.8, 4) is 0 Å². The third-order valence-electron chi connectivity index (χ3n) is 3.09. The Morgan fingerprint density at radius 2 is 2.05 bits per heavy atom. The number of hydrogen-bond donors (Lipinski definition) is 2. The molecule has 3 amide bonds. The Hall–Kier alpha value is -2.96. The topological polar surface area (TPSA) is 87.2 Å². The van der Waals surface area contributed by atoms with Crippen LogP contribution in [0.4, 0.5) is 16.2 Å². The molecule has 2 heterocycles. The van der Waals surface area contributed by atoms with Crippen molar-refractivity contribution in [1.29, 1.82) is 0 Å². The van der Waals surface area contributed by atoms with E-state index in [1.165, 1.54) is 18.6 Å². The average molecular weight is 283 g/mol. The molecule has 0 unspecified atom stereocenters. The summed E-state index contributed by atoms with van der Waals surface area (Å²) in [5.41, 5.74) is 1.68. The van der Waals surface area contributed by atoms with Gasteiger partial charge >= 0.3 is 6.03 Å². The Morgan fingerprint density at radius 1 is 1.24 bits per heavy atom. The Morgan fingerprint density at radius 3 is 2.67 bits per heavy atom. The molecule has 0 saturated carbocycles. The number of anilines is 2. The van der Waals surface area contributed by atoms with Gasteiger partial charge < -0.3 is 10.6 Å². The molecule has 2 N–H and O–H groups in total. The number of carbonyl (C=O) groups excluding carboxylic acids is 2. The van der Waals surface area contributed by atoms with Crippen LogP contribution in [-0.2, 0) is 0 Å². The fourth-order valence-electron chi connectivity index (χ4n) is 2.05. The van der Waals surface area contributed by atoms with Crippen LogP contribution >= 0.6 is 0 Å². The van der Waals surface area contributed by atoms with Crippen LogP contribution in [0, 0.1) is 0 Å². The van der Waals surface area contributed by atoms with E-state index in [4.69, 9.17) is 0 Å². The molecule has 3 rings (SSSR count). The van der Waals surface area contributed by atoms with Crippen molar-refractivity contribution in [3.05, 3.63) is 48.5 Å². The Bertz CT molecular complexity index is 657. The molecule has 7 heteroatoms. The largest absolute Gasteiger partial charge is 0.336 e. The number of nitrogens with one attached hydrogen (secondary N) is 2. The highest BCUT2D eigenvalue weighted by molar-refractivity contribution is 6.02. The van der Waals surface area contributed by atoms with Crippen LogP contribution in [0.3, 0.4) is 0 Å². The van der Waals surface area contributed by atoms with Crippen molar-refractivity contribution < 1.29 is 9.59 Å². The van der Waals surface area contributed by atoms with E-state index < -0.39 is 0 Å².